The van der Waals surface area contributed by atoms with Gasteiger partial charge in [-0.15, -0.1) is 0 Å². The van der Waals surface area contributed by atoms with E-state index in [4.69, 9.17) is 4.74 Å². The van der Waals surface area contributed by atoms with Crippen LogP contribution in [-0.2, 0) is 4.79 Å². The predicted molar refractivity (Wildman–Crippen MR) is 92.7 cm³/mol. The lowest BCUT2D eigenvalue weighted by Crippen LogP contribution is -2.48. The summed E-state index contributed by atoms with van der Waals surface area (Å²) in [7, 11) is 0. The van der Waals surface area contributed by atoms with E-state index in [0.717, 1.165) is 41.9 Å². The second kappa shape index (κ2) is 5.50. The van der Waals surface area contributed by atoms with Crippen molar-refractivity contribution >= 4 is 5.91 Å². The van der Waals surface area contributed by atoms with Gasteiger partial charge in [0.05, 0.1) is 12.6 Å². The Labute approximate surface area is 144 Å². The van der Waals surface area contributed by atoms with Crippen LogP contribution in [0.3, 0.4) is 0 Å². The molecule has 5 aliphatic rings. The summed E-state index contributed by atoms with van der Waals surface area (Å²) in [4.78, 5) is 12.9. The van der Waals surface area contributed by atoms with Crippen LogP contribution in [0.5, 0.6) is 5.75 Å². The molecule has 0 aromatic heterocycles. The molecule has 4 aliphatic carbocycles. The fourth-order valence-corrected chi connectivity index (χ4v) is 6.58. The van der Waals surface area contributed by atoms with Gasteiger partial charge in [-0.1, -0.05) is 18.2 Å². The first kappa shape index (κ1) is 14.8. The van der Waals surface area contributed by atoms with Gasteiger partial charge < -0.3 is 10.1 Å². The van der Waals surface area contributed by atoms with E-state index in [1.54, 1.807) is 0 Å². The average molecular weight is 325 g/mol. The fraction of sp³-hybridized carbons (Fsp3) is 0.667. The van der Waals surface area contributed by atoms with E-state index in [1.807, 2.05) is 18.2 Å². The first-order valence-electron chi connectivity index (χ1n) is 9.70. The van der Waals surface area contributed by atoms with Gasteiger partial charge in [0.15, 0.2) is 0 Å². The second-order valence-electron chi connectivity index (χ2n) is 8.89. The number of para-hydroxylation sites is 1. The highest BCUT2D eigenvalue weighted by atomic mass is 16.5. The van der Waals surface area contributed by atoms with Gasteiger partial charge in [0, 0.05) is 18.4 Å². The third-order valence-corrected chi connectivity index (χ3v) is 6.99. The Kier molecular flexibility index (Phi) is 3.39. The quantitative estimate of drug-likeness (QED) is 0.903. The summed E-state index contributed by atoms with van der Waals surface area (Å²) in [5.41, 5.74) is 1.46. The molecule has 0 radical (unpaired) electrons. The van der Waals surface area contributed by atoms with E-state index < -0.39 is 0 Å². The number of carbonyl (C=O) groups is 1. The number of nitrogens with one attached hydrogen (secondary N) is 1. The Balaban J connectivity index is 1.29. The lowest BCUT2D eigenvalue weighted by atomic mass is 9.49. The molecule has 128 valence electrons. The van der Waals surface area contributed by atoms with Crippen molar-refractivity contribution < 1.29 is 9.53 Å². The molecule has 0 saturated heterocycles. The standard InChI is InChI=1S/C21H27NO2/c23-20(22-18-5-6-24-19-4-2-1-3-17(18)19)13-21-10-14-7-15(11-21)9-16(8-14)12-21/h1-4,14-16,18H,5-13H2,(H,22,23)/t14?,15?,16?,18-,21?/m0/s1. The van der Waals surface area contributed by atoms with Gasteiger partial charge in [-0.05, 0) is 67.8 Å². The van der Waals surface area contributed by atoms with E-state index in [9.17, 15) is 4.79 Å². The molecule has 1 amide bonds. The van der Waals surface area contributed by atoms with Gasteiger partial charge in [-0.2, -0.15) is 0 Å². The smallest absolute Gasteiger partial charge is 0.221 e. The summed E-state index contributed by atoms with van der Waals surface area (Å²) in [5, 5.41) is 3.33. The van der Waals surface area contributed by atoms with Crippen molar-refractivity contribution in [1.29, 1.82) is 0 Å². The van der Waals surface area contributed by atoms with Crippen LogP contribution in [0.4, 0.5) is 0 Å². The molecule has 4 bridgehead atoms. The Hall–Kier alpha value is -1.51. The summed E-state index contributed by atoms with van der Waals surface area (Å²) in [6.07, 6.45) is 9.85. The molecule has 6 rings (SSSR count). The molecule has 1 heterocycles. The number of rotatable bonds is 3. The molecule has 1 aliphatic heterocycles. The normalized spacial score (nSPS) is 39.2. The molecule has 1 aromatic carbocycles. The Morgan fingerprint density at radius 2 is 1.75 bits per heavy atom. The molecule has 4 saturated carbocycles. The molecule has 3 heteroatoms. The zero-order valence-electron chi connectivity index (χ0n) is 14.3. The maximum atomic E-state index is 12.9. The molecule has 0 unspecified atom stereocenters. The molecule has 4 fully saturated rings. The van der Waals surface area contributed by atoms with Crippen LogP contribution in [0, 0.1) is 23.2 Å². The molecule has 1 atom stereocenters. The molecular formula is C21H27NO2. The van der Waals surface area contributed by atoms with Crippen molar-refractivity contribution in [2.24, 2.45) is 23.2 Å². The maximum absolute atomic E-state index is 12.9. The number of carbonyl (C=O) groups excluding carboxylic acids is 1. The zero-order valence-corrected chi connectivity index (χ0v) is 14.3. The highest BCUT2D eigenvalue weighted by Crippen LogP contribution is 2.61. The van der Waals surface area contributed by atoms with Gasteiger partial charge in [-0.25, -0.2) is 0 Å². The number of hydrogen-bond donors (Lipinski definition) is 1. The summed E-state index contributed by atoms with van der Waals surface area (Å²) in [5.74, 6) is 3.93. The lowest BCUT2D eigenvalue weighted by Gasteiger charge is -2.56. The highest BCUT2D eigenvalue weighted by Gasteiger charge is 2.51. The first-order chi connectivity index (χ1) is 11.7. The lowest BCUT2D eigenvalue weighted by molar-refractivity contribution is -0.130. The molecule has 24 heavy (non-hydrogen) atoms. The van der Waals surface area contributed by atoms with E-state index in [-0.39, 0.29) is 11.9 Å². The summed E-state index contributed by atoms with van der Waals surface area (Å²) < 4.78 is 5.72. The first-order valence-corrected chi connectivity index (χ1v) is 9.70. The van der Waals surface area contributed by atoms with Crippen molar-refractivity contribution in [3.8, 4) is 5.75 Å². The number of ether oxygens (including phenoxy) is 1. The summed E-state index contributed by atoms with van der Waals surface area (Å²) in [6.45, 7) is 0.694. The monoisotopic (exact) mass is 325 g/mol. The topological polar surface area (TPSA) is 38.3 Å². The minimum atomic E-state index is 0.122. The van der Waals surface area contributed by atoms with Gasteiger partial charge in [0.25, 0.3) is 0 Å². The van der Waals surface area contributed by atoms with Crippen molar-refractivity contribution in [2.75, 3.05) is 6.61 Å². The third-order valence-electron chi connectivity index (χ3n) is 6.99. The second-order valence-corrected chi connectivity index (χ2v) is 8.89. The van der Waals surface area contributed by atoms with Crippen molar-refractivity contribution in [3.63, 3.8) is 0 Å². The van der Waals surface area contributed by atoms with Gasteiger partial charge in [-0.3, -0.25) is 4.79 Å². The van der Waals surface area contributed by atoms with Gasteiger partial charge >= 0.3 is 0 Å². The minimum Gasteiger partial charge on any atom is -0.493 e. The van der Waals surface area contributed by atoms with E-state index in [1.165, 1.54) is 38.5 Å². The van der Waals surface area contributed by atoms with E-state index >= 15 is 0 Å². The van der Waals surface area contributed by atoms with Crippen LogP contribution in [-0.4, -0.2) is 12.5 Å². The third kappa shape index (κ3) is 2.53. The molecular weight excluding hydrogens is 298 g/mol. The summed E-state index contributed by atoms with van der Waals surface area (Å²) in [6, 6.07) is 8.25. The molecule has 3 nitrogen and oxygen atoms in total. The molecule has 1 N–H and O–H groups in total. The van der Waals surface area contributed by atoms with Crippen molar-refractivity contribution in [3.05, 3.63) is 29.8 Å². The minimum absolute atomic E-state index is 0.122. The molecule has 0 spiro atoms. The van der Waals surface area contributed by atoms with Crippen LogP contribution in [0.25, 0.3) is 0 Å². The Morgan fingerprint density at radius 1 is 1.08 bits per heavy atom. The maximum Gasteiger partial charge on any atom is 0.221 e. The Bertz CT molecular complexity index is 618. The summed E-state index contributed by atoms with van der Waals surface area (Å²) >= 11 is 0. The van der Waals surface area contributed by atoms with Crippen molar-refractivity contribution in [1.82, 2.24) is 5.32 Å². The van der Waals surface area contributed by atoms with Crippen LogP contribution in [0.2, 0.25) is 0 Å². The number of benzene rings is 1. The van der Waals surface area contributed by atoms with Crippen LogP contribution in [0.15, 0.2) is 24.3 Å². The van der Waals surface area contributed by atoms with Crippen LogP contribution >= 0.6 is 0 Å². The SMILES string of the molecule is O=C(CC12CC3CC(CC(C3)C1)C2)N[C@H]1CCOc2ccccc21. The van der Waals surface area contributed by atoms with Gasteiger partial charge in [0.2, 0.25) is 5.91 Å². The molecule has 1 aromatic rings. The van der Waals surface area contributed by atoms with Crippen molar-refractivity contribution in [2.45, 2.75) is 57.4 Å². The van der Waals surface area contributed by atoms with E-state index in [0.29, 0.717) is 12.0 Å². The fourth-order valence-electron chi connectivity index (χ4n) is 6.58. The number of hydrogen-bond acceptors (Lipinski definition) is 2. The van der Waals surface area contributed by atoms with Crippen LogP contribution < -0.4 is 10.1 Å². The van der Waals surface area contributed by atoms with Gasteiger partial charge in [0.1, 0.15) is 5.75 Å². The average Bonchev–Trinajstić information content (AvgIpc) is 2.53. The zero-order chi connectivity index (χ0) is 16.1. The predicted octanol–water partition coefficient (Wildman–Crippen LogP) is 4.23. The Morgan fingerprint density at radius 3 is 2.46 bits per heavy atom. The van der Waals surface area contributed by atoms with E-state index in [2.05, 4.69) is 11.4 Å². The highest BCUT2D eigenvalue weighted by molar-refractivity contribution is 5.77. The number of amides is 1. The largest absolute Gasteiger partial charge is 0.493 e. The number of fused-ring (bicyclic) bond motifs is 1. The van der Waals surface area contributed by atoms with Crippen LogP contribution in [0.1, 0.15) is 63.0 Å².